The molecule has 0 bridgehead atoms. The molecule has 0 aliphatic heterocycles. The minimum absolute atomic E-state index is 0.0630. The van der Waals surface area contributed by atoms with Gasteiger partial charge in [-0.3, -0.25) is 4.79 Å². The molecule has 0 aliphatic carbocycles. The summed E-state index contributed by atoms with van der Waals surface area (Å²) in [5.41, 5.74) is 1.17. The third-order valence-electron chi connectivity index (χ3n) is 3.51. The SMILES string of the molecule is CCOc1cc(C#N)ccc1OCC(=O)Nc1ccc(C)c(S(N)(=O)=O)c1. The number of nitrogens with one attached hydrogen (secondary N) is 1. The second-order valence-corrected chi connectivity index (χ2v) is 7.10. The van der Waals surface area contributed by atoms with Crippen molar-refractivity contribution in [2.24, 2.45) is 5.14 Å². The first-order valence-corrected chi connectivity index (χ1v) is 9.52. The van der Waals surface area contributed by atoms with E-state index in [0.29, 0.717) is 29.2 Å². The van der Waals surface area contributed by atoms with Crippen LogP contribution in [0, 0.1) is 18.3 Å². The molecule has 2 aromatic carbocycles. The zero-order valence-electron chi connectivity index (χ0n) is 14.9. The van der Waals surface area contributed by atoms with Crippen molar-refractivity contribution in [3.63, 3.8) is 0 Å². The van der Waals surface area contributed by atoms with Gasteiger partial charge < -0.3 is 14.8 Å². The van der Waals surface area contributed by atoms with Crippen LogP contribution in [-0.4, -0.2) is 27.5 Å². The van der Waals surface area contributed by atoms with Crippen LogP contribution in [0.2, 0.25) is 0 Å². The molecule has 0 saturated carbocycles. The average Bonchev–Trinajstić information content (AvgIpc) is 2.61. The molecule has 2 aromatic rings. The van der Waals surface area contributed by atoms with Gasteiger partial charge in [-0.25, -0.2) is 13.6 Å². The number of carbonyl (C=O) groups excluding carboxylic acids is 1. The lowest BCUT2D eigenvalue weighted by Gasteiger charge is -2.13. The summed E-state index contributed by atoms with van der Waals surface area (Å²) < 4.78 is 34.0. The number of anilines is 1. The van der Waals surface area contributed by atoms with Crippen LogP contribution in [0.4, 0.5) is 5.69 Å². The summed E-state index contributed by atoms with van der Waals surface area (Å²) in [4.78, 5) is 12.1. The minimum atomic E-state index is -3.89. The molecule has 0 saturated heterocycles. The number of nitrogens with two attached hydrogens (primary N) is 1. The highest BCUT2D eigenvalue weighted by Gasteiger charge is 2.14. The van der Waals surface area contributed by atoms with Crippen molar-refractivity contribution in [1.29, 1.82) is 5.26 Å². The van der Waals surface area contributed by atoms with Crippen molar-refractivity contribution < 1.29 is 22.7 Å². The molecule has 0 aromatic heterocycles. The maximum atomic E-state index is 12.1. The molecule has 0 aliphatic rings. The summed E-state index contributed by atoms with van der Waals surface area (Å²) in [6, 6.07) is 11.0. The Morgan fingerprint density at radius 3 is 2.56 bits per heavy atom. The molecule has 1 amide bonds. The Hall–Kier alpha value is -3.09. The standard InChI is InChI=1S/C18H19N3O5S/c1-3-25-16-8-13(10-19)5-7-15(16)26-11-18(22)21-14-6-4-12(2)17(9-14)27(20,23)24/h4-9H,3,11H2,1-2H3,(H,21,22)(H2,20,23,24). The first-order valence-electron chi connectivity index (χ1n) is 7.97. The lowest BCUT2D eigenvalue weighted by atomic mass is 10.2. The van der Waals surface area contributed by atoms with E-state index in [9.17, 15) is 13.2 Å². The number of hydrogen-bond donors (Lipinski definition) is 2. The molecule has 0 spiro atoms. The van der Waals surface area contributed by atoms with Crippen molar-refractivity contribution >= 4 is 21.6 Å². The summed E-state index contributed by atoms with van der Waals surface area (Å²) in [6.45, 7) is 3.44. The van der Waals surface area contributed by atoms with Gasteiger partial charge in [0.2, 0.25) is 10.0 Å². The van der Waals surface area contributed by atoms with E-state index in [4.69, 9.17) is 19.9 Å². The lowest BCUT2D eigenvalue weighted by Crippen LogP contribution is -2.21. The Morgan fingerprint density at radius 2 is 1.93 bits per heavy atom. The Bertz CT molecular complexity index is 997. The zero-order valence-corrected chi connectivity index (χ0v) is 15.7. The molecule has 0 fully saturated rings. The molecule has 142 valence electrons. The second kappa shape index (κ2) is 8.53. The summed E-state index contributed by atoms with van der Waals surface area (Å²) in [5, 5.41) is 16.6. The van der Waals surface area contributed by atoms with Gasteiger partial charge in [0.25, 0.3) is 5.91 Å². The van der Waals surface area contributed by atoms with Crippen LogP contribution in [0.1, 0.15) is 18.1 Å². The Labute approximate surface area is 157 Å². The number of carbonyl (C=O) groups is 1. The fraction of sp³-hybridized carbons (Fsp3) is 0.222. The number of sulfonamides is 1. The summed E-state index contributed by atoms with van der Waals surface area (Å²) in [5.74, 6) is 0.183. The first-order chi connectivity index (χ1) is 12.7. The van der Waals surface area contributed by atoms with Crippen molar-refractivity contribution in [2.45, 2.75) is 18.7 Å². The zero-order chi connectivity index (χ0) is 20.0. The molecule has 0 atom stereocenters. The van der Waals surface area contributed by atoms with Crippen LogP contribution in [0.3, 0.4) is 0 Å². The number of aryl methyl sites for hydroxylation is 1. The normalized spacial score (nSPS) is 10.7. The smallest absolute Gasteiger partial charge is 0.262 e. The Morgan fingerprint density at radius 1 is 1.19 bits per heavy atom. The molecule has 2 rings (SSSR count). The third kappa shape index (κ3) is 5.44. The van der Waals surface area contributed by atoms with Crippen LogP contribution in [0.5, 0.6) is 11.5 Å². The van der Waals surface area contributed by atoms with E-state index in [1.807, 2.05) is 6.07 Å². The molecule has 0 radical (unpaired) electrons. The number of rotatable bonds is 7. The molecule has 9 heteroatoms. The van der Waals surface area contributed by atoms with Crippen LogP contribution >= 0.6 is 0 Å². The van der Waals surface area contributed by atoms with E-state index >= 15 is 0 Å². The van der Waals surface area contributed by atoms with Gasteiger partial charge in [0.1, 0.15) is 0 Å². The number of benzene rings is 2. The van der Waals surface area contributed by atoms with Crippen molar-refractivity contribution in [1.82, 2.24) is 0 Å². The second-order valence-electron chi connectivity index (χ2n) is 5.57. The van der Waals surface area contributed by atoms with Gasteiger partial charge in [0, 0.05) is 11.8 Å². The van der Waals surface area contributed by atoms with Crippen LogP contribution in [0.25, 0.3) is 0 Å². The summed E-state index contributed by atoms with van der Waals surface area (Å²) in [7, 11) is -3.89. The van der Waals surface area contributed by atoms with Crippen LogP contribution in [-0.2, 0) is 14.8 Å². The van der Waals surface area contributed by atoms with Crippen LogP contribution in [0.15, 0.2) is 41.3 Å². The maximum absolute atomic E-state index is 12.1. The van der Waals surface area contributed by atoms with Gasteiger partial charge in [-0.15, -0.1) is 0 Å². The number of nitriles is 1. The molecular weight excluding hydrogens is 370 g/mol. The maximum Gasteiger partial charge on any atom is 0.262 e. The van der Waals surface area contributed by atoms with Crippen LogP contribution < -0.4 is 19.9 Å². The highest BCUT2D eigenvalue weighted by atomic mass is 32.2. The summed E-state index contributed by atoms with van der Waals surface area (Å²) in [6.07, 6.45) is 0. The summed E-state index contributed by atoms with van der Waals surface area (Å²) >= 11 is 0. The van der Waals surface area contributed by atoms with Crippen molar-refractivity contribution in [3.05, 3.63) is 47.5 Å². The van der Waals surface area contributed by atoms with Crippen molar-refractivity contribution in [2.75, 3.05) is 18.5 Å². The molecule has 3 N–H and O–H groups in total. The number of ether oxygens (including phenoxy) is 2. The monoisotopic (exact) mass is 389 g/mol. The van der Waals surface area contributed by atoms with E-state index in [2.05, 4.69) is 5.32 Å². The largest absolute Gasteiger partial charge is 0.490 e. The van der Waals surface area contributed by atoms with Gasteiger partial charge >= 0.3 is 0 Å². The van der Waals surface area contributed by atoms with Gasteiger partial charge in [-0.1, -0.05) is 6.07 Å². The van der Waals surface area contributed by atoms with Gasteiger partial charge in [-0.05, 0) is 43.7 Å². The average molecular weight is 389 g/mol. The number of amides is 1. The third-order valence-corrected chi connectivity index (χ3v) is 4.56. The quantitative estimate of drug-likeness (QED) is 0.744. The number of primary sulfonamides is 1. The fourth-order valence-corrected chi connectivity index (χ4v) is 3.10. The lowest BCUT2D eigenvalue weighted by molar-refractivity contribution is -0.118. The van der Waals surface area contributed by atoms with Gasteiger partial charge in [0.15, 0.2) is 18.1 Å². The van der Waals surface area contributed by atoms with Gasteiger partial charge in [-0.2, -0.15) is 5.26 Å². The fourth-order valence-electron chi connectivity index (χ4n) is 2.29. The van der Waals surface area contributed by atoms with E-state index in [-0.39, 0.29) is 17.2 Å². The topological polar surface area (TPSA) is 132 Å². The van der Waals surface area contributed by atoms with Gasteiger partial charge in [0.05, 0.1) is 23.1 Å². The predicted octanol–water partition coefficient (Wildman–Crippen LogP) is 1.93. The molecule has 8 nitrogen and oxygen atoms in total. The van der Waals surface area contributed by atoms with E-state index in [1.165, 1.54) is 12.1 Å². The molecular formula is C18H19N3O5S. The number of nitrogens with zero attached hydrogens (tertiary/aromatic N) is 1. The Balaban J connectivity index is 2.08. The minimum Gasteiger partial charge on any atom is -0.490 e. The highest BCUT2D eigenvalue weighted by Crippen LogP contribution is 2.28. The van der Waals surface area contributed by atoms with E-state index < -0.39 is 15.9 Å². The molecule has 0 heterocycles. The van der Waals surface area contributed by atoms with Crippen molar-refractivity contribution in [3.8, 4) is 17.6 Å². The Kier molecular flexibility index (Phi) is 6.39. The number of hydrogen-bond acceptors (Lipinski definition) is 6. The molecule has 0 unspecified atom stereocenters. The predicted molar refractivity (Wildman–Crippen MR) is 99.0 cm³/mol. The van der Waals surface area contributed by atoms with E-state index in [1.54, 1.807) is 38.1 Å². The highest BCUT2D eigenvalue weighted by molar-refractivity contribution is 7.89. The van der Waals surface area contributed by atoms with E-state index in [0.717, 1.165) is 0 Å². The first kappa shape index (κ1) is 20.2. The molecule has 27 heavy (non-hydrogen) atoms.